The maximum atomic E-state index is 13.9. The molecule has 4 aliphatic carbocycles. The molecule has 1 amide bonds. The Morgan fingerprint density at radius 3 is 1.91 bits per heavy atom. The topological polar surface area (TPSA) is 69.6 Å². The highest BCUT2D eigenvalue weighted by Crippen LogP contribution is 2.53. The van der Waals surface area contributed by atoms with Gasteiger partial charge in [-0.1, -0.05) is 160 Å². The first kappa shape index (κ1) is 44.5. The van der Waals surface area contributed by atoms with E-state index in [1.165, 1.54) is 101 Å². The number of carbonyl (C=O) groups excluding carboxylic acids is 1. The van der Waals surface area contributed by atoms with Gasteiger partial charge in [0.05, 0.1) is 0 Å². The van der Waals surface area contributed by atoms with Crippen LogP contribution in [-0.2, 0) is 16.0 Å². The van der Waals surface area contributed by atoms with Crippen LogP contribution in [0.25, 0.3) is 0 Å². The van der Waals surface area contributed by atoms with Gasteiger partial charge in [0.15, 0.2) is 0 Å². The molecular formula is C51H82N2O3. The van der Waals surface area contributed by atoms with Crippen molar-refractivity contribution in [3.63, 3.8) is 0 Å². The maximum absolute atomic E-state index is 13.9. The molecule has 0 aliphatic heterocycles. The summed E-state index contributed by atoms with van der Waals surface area (Å²) >= 11 is 0. The number of hydrogen-bond donors (Lipinski definition) is 2. The minimum Gasteiger partial charge on any atom is -0.480 e. The Balaban J connectivity index is 1.56. The smallest absolute Gasteiger partial charge is 0.326 e. The van der Waals surface area contributed by atoms with Crippen molar-refractivity contribution in [3.05, 3.63) is 58.3 Å². The molecule has 0 saturated heterocycles. The third-order valence-electron chi connectivity index (χ3n) is 15.5. The fraction of sp³-hybridized carbons (Fsp3) is 0.765. The molecule has 5 rings (SSSR count). The van der Waals surface area contributed by atoms with E-state index in [0.29, 0.717) is 60.2 Å². The van der Waals surface area contributed by atoms with Crippen LogP contribution in [0.4, 0.5) is 0 Å². The van der Waals surface area contributed by atoms with Crippen LogP contribution in [0.2, 0.25) is 0 Å². The van der Waals surface area contributed by atoms with Crippen LogP contribution in [0.1, 0.15) is 176 Å². The van der Waals surface area contributed by atoms with E-state index in [4.69, 9.17) is 0 Å². The number of rotatable bonds is 24. The van der Waals surface area contributed by atoms with Crippen molar-refractivity contribution in [1.29, 1.82) is 0 Å². The van der Waals surface area contributed by atoms with E-state index in [0.717, 1.165) is 37.2 Å². The molecular weight excluding hydrogens is 689 g/mol. The van der Waals surface area contributed by atoms with Gasteiger partial charge in [-0.2, -0.15) is 0 Å². The van der Waals surface area contributed by atoms with Crippen molar-refractivity contribution in [2.75, 3.05) is 7.05 Å². The van der Waals surface area contributed by atoms with Gasteiger partial charge in [-0.05, 0) is 110 Å². The number of carboxylic acid groups (broad SMARTS) is 1. The lowest BCUT2D eigenvalue weighted by molar-refractivity contribution is -0.139. The molecule has 0 spiro atoms. The number of hydrogen-bond acceptors (Lipinski definition) is 3. The molecule has 4 fully saturated rings. The number of aliphatic carboxylic acids is 1. The fourth-order valence-electron chi connectivity index (χ4n) is 10.9. The molecule has 56 heavy (non-hydrogen) atoms. The zero-order chi connectivity index (χ0) is 40.4. The SMILES string of the molecule is CCC(C)CCCC(C(CC(C1CCC1)C(C(C)CC)N(C)C(=O)CC(C)C)=C1CCC1)C(C1CCC1)C(C)C(NC(Cc1ccccc1)C(=O)O)=C1CCC1. The lowest BCUT2D eigenvalue weighted by Gasteiger charge is -2.49. The first-order chi connectivity index (χ1) is 26.9. The van der Waals surface area contributed by atoms with Crippen LogP contribution in [0.5, 0.6) is 0 Å². The van der Waals surface area contributed by atoms with Gasteiger partial charge < -0.3 is 15.3 Å². The van der Waals surface area contributed by atoms with Gasteiger partial charge in [0.2, 0.25) is 5.91 Å². The van der Waals surface area contributed by atoms with E-state index in [1.54, 1.807) is 11.1 Å². The Bertz CT molecular complexity index is 1440. The van der Waals surface area contributed by atoms with Crippen molar-refractivity contribution in [2.24, 2.45) is 53.3 Å². The van der Waals surface area contributed by atoms with Crippen molar-refractivity contribution in [2.45, 2.75) is 189 Å². The third-order valence-corrected chi connectivity index (χ3v) is 15.5. The quantitative estimate of drug-likeness (QED) is 0.103. The summed E-state index contributed by atoms with van der Waals surface area (Å²) in [4.78, 5) is 29.1. The molecule has 0 bridgehead atoms. The Morgan fingerprint density at radius 2 is 1.43 bits per heavy atom. The lowest BCUT2D eigenvalue weighted by Crippen LogP contribution is -2.50. The van der Waals surface area contributed by atoms with Crippen molar-refractivity contribution < 1.29 is 14.7 Å². The number of nitrogens with one attached hydrogen (secondary N) is 1. The molecule has 1 aromatic rings. The average molecular weight is 771 g/mol. The summed E-state index contributed by atoms with van der Waals surface area (Å²) in [5, 5.41) is 14.5. The third kappa shape index (κ3) is 11.3. The number of allylic oxidation sites excluding steroid dienone is 4. The van der Waals surface area contributed by atoms with Crippen molar-refractivity contribution in [3.8, 4) is 0 Å². The van der Waals surface area contributed by atoms with Crippen molar-refractivity contribution >= 4 is 11.9 Å². The summed E-state index contributed by atoms with van der Waals surface area (Å²) in [5.74, 6) is 4.24. The van der Waals surface area contributed by atoms with Gasteiger partial charge in [-0.25, -0.2) is 4.79 Å². The van der Waals surface area contributed by atoms with Crippen LogP contribution in [-0.4, -0.2) is 41.0 Å². The number of carbonyl (C=O) groups is 2. The van der Waals surface area contributed by atoms with E-state index in [9.17, 15) is 14.7 Å². The molecule has 8 atom stereocenters. The summed E-state index contributed by atoms with van der Waals surface area (Å²) in [7, 11) is 2.14. The van der Waals surface area contributed by atoms with Crippen LogP contribution in [0.15, 0.2) is 52.7 Å². The second-order valence-corrected chi connectivity index (χ2v) is 19.7. The Labute approximate surface area is 343 Å². The van der Waals surface area contributed by atoms with E-state index in [1.807, 2.05) is 18.2 Å². The summed E-state index contributed by atoms with van der Waals surface area (Å²) < 4.78 is 0. The average Bonchev–Trinajstić information content (AvgIpc) is 3.08. The van der Waals surface area contributed by atoms with Gasteiger partial charge in [-0.3, -0.25) is 4.79 Å². The van der Waals surface area contributed by atoms with Gasteiger partial charge in [0, 0.05) is 31.6 Å². The van der Waals surface area contributed by atoms with Crippen LogP contribution in [0, 0.1) is 53.3 Å². The van der Waals surface area contributed by atoms with Gasteiger partial charge >= 0.3 is 5.97 Å². The first-order valence-corrected chi connectivity index (χ1v) is 23.6. The molecule has 0 heterocycles. The second kappa shape index (κ2) is 21.4. The first-order valence-electron chi connectivity index (χ1n) is 23.6. The van der Waals surface area contributed by atoms with Gasteiger partial charge in [-0.15, -0.1) is 0 Å². The van der Waals surface area contributed by atoms with Gasteiger partial charge in [0.25, 0.3) is 0 Å². The predicted octanol–water partition coefficient (Wildman–Crippen LogP) is 12.8. The van der Waals surface area contributed by atoms with E-state index >= 15 is 0 Å². The molecule has 2 N–H and O–H groups in total. The number of carboxylic acids is 1. The zero-order valence-corrected chi connectivity index (χ0v) is 37.1. The fourth-order valence-corrected chi connectivity index (χ4v) is 10.9. The summed E-state index contributed by atoms with van der Waals surface area (Å²) in [5.41, 5.74) is 7.36. The molecule has 0 aromatic heterocycles. The highest BCUT2D eigenvalue weighted by Gasteiger charge is 2.45. The molecule has 1 aromatic carbocycles. The Hall–Kier alpha value is -2.56. The molecule has 5 heteroatoms. The minimum atomic E-state index is -0.753. The highest BCUT2D eigenvalue weighted by molar-refractivity contribution is 5.76. The summed E-state index contributed by atoms with van der Waals surface area (Å²) in [6, 6.07) is 9.81. The monoisotopic (exact) mass is 771 g/mol. The molecule has 8 unspecified atom stereocenters. The van der Waals surface area contributed by atoms with E-state index < -0.39 is 12.0 Å². The van der Waals surface area contributed by atoms with E-state index in [2.05, 4.69) is 77.9 Å². The second-order valence-electron chi connectivity index (χ2n) is 19.7. The lowest BCUT2D eigenvalue weighted by atomic mass is 9.58. The summed E-state index contributed by atoms with van der Waals surface area (Å²) in [6.07, 6.45) is 23.3. The Morgan fingerprint density at radius 1 is 0.804 bits per heavy atom. The molecule has 0 radical (unpaired) electrons. The number of nitrogens with zero attached hydrogens (tertiary/aromatic N) is 1. The minimum absolute atomic E-state index is 0.260. The molecule has 314 valence electrons. The van der Waals surface area contributed by atoms with Crippen molar-refractivity contribution in [1.82, 2.24) is 10.2 Å². The standard InChI is InChI=1S/C51H82N2O3/c1-9-35(5)19-14-30-43(44(39-22-15-23-39)33-45(40-24-16-25-40)50(36(6)10-2)53(8)47(54)31-34(3)4)48(41-26-17-27-41)37(7)49(42-28-18-29-42)52-46(51(55)56)32-38-20-12-11-13-21-38/h11-13,20-21,34-37,40-41,43,45-46,48,50,52H,9-10,14-19,22-33H2,1-8H3,(H,55,56). The molecule has 5 nitrogen and oxygen atoms in total. The summed E-state index contributed by atoms with van der Waals surface area (Å²) in [6.45, 7) is 16.4. The van der Waals surface area contributed by atoms with E-state index in [-0.39, 0.29) is 12.0 Å². The highest BCUT2D eigenvalue weighted by atomic mass is 16.4. The molecule has 4 saturated carbocycles. The Kier molecular flexibility index (Phi) is 17.1. The van der Waals surface area contributed by atoms with Crippen LogP contribution in [0.3, 0.4) is 0 Å². The van der Waals surface area contributed by atoms with Crippen LogP contribution < -0.4 is 5.32 Å². The predicted molar refractivity (Wildman–Crippen MR) is 234 cm³/mol. The normalized spacial score (nSPS) is 21.6. The largest absolute Gasteiger partial charge is 0.480 e. The maximum Gasteiger partial charge on any atom is 0.326 e. The number of benzene rings is 1. The molecule has 4 aliphatic rings. The number of amides is 1. The van der Waals surface area contributed by atoms with Gasteiger partial charge in [0.1, 0.15) is 6.04 Å². The zero-order valence-electron chi connectivity index (χ0n) is 37.1. The van der Waals surface area contributed by atoms with Crippen LogP contribution >= 0.6 is 0 Å².